The van der Waals surface area contributed by atoms with Crippen molar-refractivity contribution in [3.05, 3.63) is 46.6 Å². The first-order valence-corrected chi connectivity index (χ1v) is 8.00. The van der Waals surface area contributed by atoms with Crippen molar-refractivity contribution in [2.45, 2.75) is 13.2 Å². The van der Waals surface area contributed by atoms with Crippen molar-refractivity contribution in [2.24, 2.45) is 0 Å². The molecular formula is C14H17BrN8O. The maximum Gasteiger partial charge on any atom is 0.277 e. The molecule has 0 unspecified atom stereocenters. The van der Waals surface area contributed by atoms with E-state index in [0.29, 0.717) is 18.2 Å². The van der Waals surface area contributed by atoms with E-state index in [1.807, 2.05) is 25.2 Å². The van der Waals surface area contributed by atoms with Crippen molar-refractivity contribution < 1.29 is 4.79 Å². The van der Waals surface area contributed by atoms with Crippen molar-refractivity contribution in [3.63, 3.8) is 0 Å². The predicted molar refractivity (Wildman–Crippen MR) is 91.5 cm³/mol. The molecule has 0 fully saturated rings. The molecule has 0 spiro atoms. The molecular weight excluding hydrogens is 376 g/mol. The number of hydrogen-bond donors (Lipinski definition) is 2. The number of halogens is 1. The molecule has 24 heavy (non-hydrogen) atoms. The van der Waals surface area contributed by atoms with Crippen LogP contribution in [0.25, 0.3) is 0 Å². The minimum absolute atomic E-state index is 0.307. The Morgan fingerprint density at radius 1 is 1.42 bits per heavy atom. The fourth-order valence-electron chi connectivity index (χ4n) is 2.15. The summed E-state index contributed by atoms with van der Waals surface area (Å²) in [5.74, 6) is 0.167. The first-order chi connectivity index (χ1) is 11.5. The van der Waals surface area contributed by atoms with Crippen LogP contribution in [0.4, 0.5) is 5.82 Å². The third kappa shape index (κ3) is 4.09. The normalized spacial score (nSPS) is 11.2. The van der Waals surface area contributed by atoms with Gasteiger partial charge < -0.3 is 10.2 Å². The van der Waals surface area contributed by atoms with Crippen molar-refractivity contribution in [1.82, 2.24) is 34.7 Å². The smallest absolute Gasteiger partial charge is 0.277 e. The van der Waals surface area contributed by atoms with E-state index >= 15 is 0 Å². The van der Waals surface area contributed by atoms with Gasteiger partial charge in [-0.2, -0.15) is 15.3 Å². The van der Waals surface area contributed by atoms with E-state index in [1.54, 1.807) is 33.9 Å². The molecule has 0 saturated heterocycles. The number of nitrogens with zero attached hydrogens (tertiary/aromatic N) is 6. The largest absolute Gasteiger partial charge is 0.304 e. The molecule has 0 aliphatic carbocycles. The zero-order chi connectivity index (χ0) is 17.1. The van der Waals surface area contributed by atoms with Crippen LogP contribution in [-0.2, 0) is 13.2 Å². The van der Waals surface area contributed by atoms with Gasteiger partial charge >= 0.3 is 0 Å². The second kappa shape index (κ2) is 6.97. The van der Waals surface area contributed by atoms with Crippen LogP contribution in [0.2, 0.25) is 0 Å². The van der Waals surface area contributed by atoms with E-state index in [-0.39, 0.29) is 5.91 Å². The molecule has 3 heterocycles. The quantitative estimate of drug-likeness (QED) is 0.660. The number of carbonyl (C=O) groups excluding carboxylic acids is 1. The van der Waals surface area contributed by atoms with Gasteiger partial charge in [-0.25, -0.2) is 4.68 Å². The van der Waals surface area contributed by atoms with Gasteiger partial charge in [0.05, 0.1) is 16.4 Å². The fourth-order valence-corrected chi connectivity index (χ4v) is 2.48. The van der Waals surface area contributed by atoms with Gasteiger partial charge in [-0.3, -0.25) is 14.6 Å². The second-order valence-corrected chi connectivity index (χ2v) is 6.47. The van der Waals surface area contributed by atoms with E-state index in [9.17, 15) is 4.79 Å². The third-order valence-electron chi connectivity index (χ3n) is 3.12. The molecule has 3 aromatic heterocycles. The molecule has 9 nitrogen and oxygen atoms in total. The summed E-state index contributed by atoms with van der Waals surface area (Å²) in [5, 5.41) is 18.1. The molecule has 0 aliphatic heterocycles. The first-order valence-electron chi connectivity index (χ1n) is 7.21. The van der Waals surface area contributed by atoms with Crippen LogP contribution in [0.5, 0.6) is 0 Å². The maximum absolute atomic E-state index is 12.2. The summed E-state index contributed by atoms with van der Waals surface area (Å²) in [7, 11) is 3.92. The average Bonchev–Trinajstić information content (AvgIpc) is 3.22. The van der Waals surface area contributed by atoms with Crippen molar-refractivity contribution in [1.29, 1.82) is 0 Å². The van der Waals surface area contributed by atoms with Gasteiger partial charge in [0, 0.05) is 25.0 Å². The standard InChI is InChI=1S/C14H17BrN8O/c1-21(2)8-11-5-13(19-18-11)17-14(24)12-3-4-22(20-12)9-23-7-10(15)6-16-23/h3-7H,8-9H2,1-2H3,(H2,17,18,19,24). The molecule has 0 saturated carbocycles. The summed E-state index contributed by atoms with van der Waals surface area (Å²) in [6, 6.07) is 3.46. The number of hydrogen-bond acceptors (Lipinski definition) is 5. The molecule has 0 radical (unpaired) electrons. The molecule has 3 rings (SSSR count). The number of carbonyl (C=O) groups is 1. The van der Waals surface area contributed by atoms with Crippen LogP contribution < -0.4 is 5.32 Å². The second-order valence-electron chi connectivity index (χ2n) is 5.55. The van der Waals surface area contributed by atoms with Crippen LogP contribution in [0.1, 0.15) is 16.2 Å². The van der Waals surface area contributed by atoms with Gasteiger partial charge in [0.15, 0.2) is 11.5 Å². The van der Waals surface area contributed by atoms with E-state index in [4.69, 9.17) is 0 Å². The topological polar surface area (TPSA) is 96.7 Å². The number of nitrogens with one attached hydrogen (secondary N) is 2. The number of amides is 1. The number of anilines is 1. The molecule has 2 N–H and O–H groups in total. The highest BCUT2D eigenvalue weighted by molar-refractivity contribution is 9.10. The minimum atomic E-state index is -0.307. The lowest BCUT2D eigenvalue weighted by molar-refractivity contribution is 0.102. The molecule has 126 valence electrons. The Morgan fingerprint density at radius 3 is 2.96 bits per heavy atom. The Balaban J connectivity index is 1.62. The molecule has 1 amide bonds. The van der Waals surface area contributed by atoms with Crippen molar-refractivity contribution in [2.75, 3.05) is 19.4 Å². The Hall–Kier alpha value is -2.46. The fraction of sp³-hybridized carbons (Fsp3) is 0.286. The molecule has 0 bridgehead atoms. The van der Waals surface area contributed by atoms with Gasteiger partial charge in [-0.15, -0.1) is 0 Å². The van der Waals surface area contributed by atoms with Crippen molar-refractivity contribution >= 4 is 27.7 Å². The lowest BCUT2D eigenvalue weighted by Gasteiger charge is -2.05. The van der Waals surface area contributed by atoms with Crippen LogP contribution in [0, 0.1) is 0 Å². The highest BCUT2D eigenvalue weighted by Crippen LogP contribution is 2.09. The van der Waals surface area contributed by atoms with E-state index in [1.165, 1.54) is 0 Å². The molecule has 0 atom stereocenters. The average molecular weight is 393 g/mol. The van der Waals surface area contributed by atoms with Gasteiger partial charge in [-0.05, 0) is 36.1 Å². The third-order valence-corrected chi connectivity index (χ3v) is 3.53. The first kappa shape index (κ1) is 16.4. The lowest BCUT2D eigenvalue weighted by Crippen LogP contribution is -2.15. The Morgan fingerprint density at radius 2 is 2.25 bits per heavy atom. The molecule has 0 aromatic carbocycles. The summed E-state index contributed by atoms with van der Waals surface area (Å²) >= 11 is 3.34. The summed E-state index contributed by atoms with van der Waals surface area (Å²) < 4.78 is 4.23. The molecule has 10 heteroatoms. The van der Waals surface area contributed by atoms with E-state index < -0.39 is 0 Å². The maximum atomic E-state index is 12.2. The summed E-state index contributed by atoms with van der Waals surface area (Å²) in [6.07, 6.45) is 5.25. The van der Waals surface area contributed by atoms with Gasteiger partial charge in [0.2, 0.25) is 0 Å². The number of H-pyrrole nitrogens is 1. The molecule has 0 aliphatic rings. The monoisotopic (exact) mass is 392 g/mol. The van der Waals surface area contributed by atoms with Crippen LogP contribution >= 0.6 is 15.9 Å². The van der Waals surface area contributed by atoms with Crippen LogP contribution in [-0.4, -0.2) is 54.7 Å². The zero-order valence-electron chi connectivity index (χ0n) is 13.3. The van der Waals surface area contributed by atoms with Gasteiger partial charge in [-0.1, -0.05) is 0 Å². The lowest BCUT2D eigenvalue weighted by atomic mass is 10.4. The number of aromatic nitrogens is 6. The predicted octanol–water partition coefficient (Wildman–Crippen LogP) is 1.38. The Kier molecular flexibility index (Phi) is 4.76. The van der Waals surface area contributed by atoms with Crippen molar-refractivity contribution in [3.8, 4) is 0 Å². The Bertz CT molecular complexity index is 833. The Labute approximate surface area is 146 Å². The summed E-state index contributed by atoms with van der Waals surface area (Å²) in [6.45, 7) is 1.14. The SMILES string of the molecule is CN(C)Cc1cc(NC(=O)c2ccn(Cn3cc(Br)cn3)n2)n[nH]1. The minimum Gasteiger partial charge on any atom is -0.304 e. The highest BCUT2D eigenvalue weighted by Gasteiger charge is 2.12. The summed E-state index contributed by atoms with van der Waals surface area (Å²) in [4.78, 5) is 14.2. The summed E-state index contributed by atoms with van der Waals surface area (Å²) in [5.41, 5.74) is 1.24. The number of rotatable bonds is 6. The highest BCUT2D eigenvalue weighted by atomic mass is 79.9. The molecule has 3 aromatic rings. The van der Waals surface area contributed by atoms with Crippen LogP contribution in [0.3, 0.4) is 0 Å². The zero-order valence-corrected chi connectivity index (χ0v) is 14.9. The van der Waals surface area contributed by atoms with E-state index in [0.717, 1.165) is 16.7 Å². The number of aromatic amines is 1. The van der Waals surface area contributed by atoms with E-state index in [2.05, 4.69) is 41.6 Å². The van der Waals surface area contributed by atoms with Crippen LogP contribution in [0.15, 0.2) is 35.2 Å². The van der Waals surface area contributed by atoms with Gasteiger partial charge in [0.25, 0.3) is 5.91 Å². The van der Waals surface area contributed by atoms with Gasteiger partial charge in [0.1, 0.15) is 6.67 Å².